The van der Waals surface area contributed by atoms with E-state index >= 15 is 0 Å². The van der Waals surface area contributed by atoms with Crippen molar-refractivity contribution < 1.29 is 14.6 Å². The number of carbonyl (C=O) groups excluding carboxylic acids is 1. The van der Waals surface area contributed by atoms with Gasteiger partial charge in [0, 0.05) is 19.7 Å². The highest BCUT2D eigenvalue weighted by Crippen LogP contribution is 2.23. The van der Waals surface area contributed by atoms with Crippen molar-refractivity contribution in [1.82, 2.24) is 14.7 Å². The quantitative estimate of drug-likeness (QED) is 0.724. The number of aryl methyl sites for hydroxylation is 1. The number of aliphatic hydroxyl groups is 1. The first kappa shape index (κ1) is 19.6. The molecule has 0 spiro atoms. The van der Waals surface area contributed by atoms with Crippen LogP contribution >= 0.6 is 0 Å². The van der Waals surface area contributed by atoms with Gasteiger partial charge in [0.05, 0.1) is 25.5 Å². The van der Waals surface area contributed by atoms with Crippen molar-refractivity contribution in [2.75, 3.05) is 26.3 Å². The van der Waals surface area contributed by atoms with Gasteiger partial charge in [-0.1, -0.05) is 24.3 Å². The fraction of sp³-hybridized carbons (Fsp3) is 0.524. The largest absolute Gasteiger partial charge is 0.392 e. The van der Waals surface area contributed by atoms with Gasteiger partial charge in [0.2, 0.25) is 0 Å². The molecule has 1 aliphatic heterocycles. The number of benzene rings is 1. The van der Waals surface area contributed by atoms with E-state index in [9.17, 15) is 4.79 Å². The molecule has 2 aromatic rings. The van der Waals surface area contributed by atoms with Crippen LogP contribution in [0.4, 0.5) is 0 Å². The molecule has 1 atom stereocenters. The van der Waals surface area contributed by atoms with Gasteiger partial charge in [-0.15, -0.1) is 0 Å². The summed E-state index contributed by atoms with van der Waals surface area (Å²) in [7, 11) is 0. The summed E-state index contributed by atoms with van der Waals surface area (Å²) in [6, 6.07) is 9.94. The lowest BCUT2D eigenvalue weighted by molar-refractivity contribution is 0.0769. The number of likely N-dealkylation sites (tertiary alicyclic amines) is 1. The Hall–Kier alpha value is -2.18. The number of hydrogen-bond acceptors (Lipinski definition) is 4. The second-order valence-corrected chi connectivity index (χ2v) is 7.18. The van der Waals surface area contributed by atoms with Crippen molar-refractivity contribution >= 4 is 5.91 Å². The molecule has 0 unspecified atom stereocenters. The van der Waals surface area contributed by atoms with E-state index in [1.807, 2.05) is 36.9 Å². The molecule has 0 bridgehead atoms. The molecule has 27 heavy (non-hydrogen) atoms. The van der Waals surface area contributed by atoms with Crippen LogP contribution in [0.15, 0.2) is 30.3 Å². The second-order valence-electron chi connectivity index (χ2n) is 7.18. The Morgan fingerprint density at radius 1 is 1.30 bits per heavy atom. The predicted octanol–water partition coefficient (Wildman–Crippen LogP) is 2.43. The van der Waals surface area contributed by atoms with Crippen LogP contribution in [-0.2, 0) is 24.3 Å². The Morgan fingerprint density at radius 3 is 2.74 bits per heavy atom. The van der Waals surface area contributed by atoms with E-state index in [-0.39, 0.29) is 12.5 Å². The number of aromatic nitrogens is 2. The Bertz CT molecular complexity index is 755. The molecule has 0 aliphatic carbocycles. The minimum atomic E-state index is 0.0604. The molecule has 6 nitrogen and oxygen atoms in total. The molecule has 3 rings (SSSR count). The lowest BCUT2D eigenvalue weighted by Gasteiger charge is -2.17. The van der Waals surface area contributed by atoms with Crippen LogP contribution < -0.4 is 0 Å². The van der Waals surface area contributed by atoms with Crippen LogP contribution in [0.25, 0.3) is 0 Å². The van der Waals surface area contributed by atoms with Gasteiger partial charge in [0.25, 0.3) is 5.91 Å². The van der Waals surface area contributed by atoms with Crippen LogP contribution in [0, 0.1) is 12.8 Å². The van der Waals surface area contributed by atoms with Crippen molar-refractivity contribution in [3.05, 3.63) is 52.8 Å². The standard InChI is InChI=1S/C21H29N3O3/c1-3-27-11-10-24-20(12-16(2)22-24)21(26)23-9-8-19(14-23)13-17-4-6-18(15-25)7-5-17/h4-7,12,19,25H,3,8-11,13-15H2,1-2H3/t19-/m0/s1. The van der Waals surface area contributed by atoms with Crippen LogP contribution in [-0.4, -0.2) is 52.0 Å². The molecule has 0 radical (unpaired) electrons. The van der Waals surface area contributed by atoms with Crippen molar-refractivity contribution in [3.8, 4) is 0 Å². The highest BCUT2D eigenvalue weighted by Gasteiger charge is 2.29. The lowest BCUT2D eigenvalue weighted by Crippen LogP contribution is -2.31. The van der Waals surface area contributed by atoms with Crippen LogP contribution in [0.2, 0.25) is 0 Å². The van der Waals surface area contributed by atoms with E-state index in [4.69, 9.17) is 9.84 Å². The van der Waals surface area contributed by atoms with Crippen molar-refractivity contribution in [2.45, 2.75) is 39.8 Å². The molecular formula is C21H29N3O3. The number of amides is 1. The van der Waals surface area contributed by atoms with Gasteiger partial charge in [0.1, 0.15) is 5.69 Å². The zero-order chi connectivity index (χ0) is 19.2. The minimum Gasteiger partial charge on any atom is -0.392 e. The first-order valence-electron chi connectivity index (χ1n) is 9.70. The van der Waals surface area contributed by atoms with Crippen molar-refractivity contribution in [2.24, 2.45) is 5.92 Å². The Balaban J connectivity index is 1.60. The van der Waals surface area contributed by atoms with Crippen LogP contribution in [0.5, 0.6) is 0 Å². The maximum Gasteiger partial charge on any atom is 0.272 e. The fourth-order valence-corrected chi connectivity index (χ4v) is 3.64. The first-order valence-corrected chi connectivity index (χ1v) is 9.70. The van der Waals surface area contributed by atoms with E-state index in [0.29, 0.717) is 31.4 Å². The average molecular weight is 371 g/mol. The molecule has 6 heteroatoms. The molecule has 1 amide bonds. The highest BCUT2D eigenvalue weighted by molar-refractivity contribution is 5.92. The zero-order valence-electron chi connectivity index (χ0n) is 16.2. The van der Waals surface area contributed by atoms with Gasteiger partial charge in [-0.3, -0.25) is 9.48 Å². The molecule has 1 aliphatic rings. The van der Waals surface area contributed by atoms with Gasteiger partial charge in [-0.25, -0.2) is 0 Å². The third kappa shape index (κ3) is 4.96. The summed E-state index contributed by atoms with van der Waals surface area (Å²) in [4.78, 5) is 14.9. The number of hydrogen-bond donors (Lipinski definition) is 1. The number of nitrogens with zero attached hydrogens (tertiary/aromatic N) is 3. The van der Waals surface area contributed by atoms with E-state index in [1.54, 1.807) is 4.68 Å². The number of rotatable bonds is 8. The predicted molar refractivity (Wildman–Crippen MR) is 104 cm³/mol. The zero-order valence-corrected chi connectivity index (χ0v) is 16.2. The molecule has 1 aromatic heterocycles. The Morgan fingerprint density at radius 2 is 2.04 bits per heavy atom. The summed E-state index contributed by atoms with van der Waals surface area (Å²) in [6.07, 6.45) is 1.97. The van der Waals surface area contributed by atoms with Crippen molar-refractivity contribution in [1.29, 1.82) is 0 Å². The summed E-state index contributed by atoms with van der Waals surface area (Å²) in [5.41, 5.74) is 3.69. The smallest absolute Gasteiger partial charge is 0.272 e. The SMILES string of the molecule is CCOCCn1nc(C)cc1C(=O)N1CC[C@@H](Cc2ccc(CO)cc2)C1. The summed E-state index contributed by atoms with van der Waals surface area (Å²) in [6.45, 7) is 7.32. The molecule has 1 saturated heterocycles. The van der Waals surface area contributed by atoms with E-state index in [0.717, 1.165) is 37.2 Å². The monoisotopic (exact) mass is 371 g/mol. The summed E-state index contributed by atoms with van der Waals surface area (Å²) < 4.78 is 7.18. The molecule has 0 saturated carbocycles. The third-order valence-electron chi connectivity index (χ3n) is 5.08. The van der Waals surface area contributed by atoms with Crippen molar-refractivity contribution in [3.63, 3.8) is 0 Å². The maximum atomic E-state index is 13.0. The lowest BCUT2D eigenvalue weighted by atomic mass is 9.98. The molecule has 1 N–H and O–H groups in total. The van der Waals surface area contributed by atoms with Gasteiger partial charge in [0.15, 0.2) is 0 Å². The summed E-state index contributed by atoms with van der Waals surface area (Å²) in [5.74, 6) is 0.528. The van der Waals surface area contributed by atoms with Gasteiger partial charge in [-0.2, -0.15) is 5.10 Å². The molecule has 2 heterocycles. The van der Waals surface area contributed by atoms with Crippen LogP contribution in [0.3, 0.4) is 0 Å². The second kappa shape index (κ2) is 9.15. The third-order valence-corrected chi connectivity index (χ3v) is 5.08. The molecule has 1 fully saturated rings. The minimum absolute atomic E-state index is 0.0604. The molecule has 1 aromatic carbocycles. The average Bonchev–Trinajstić information content (AvgIpc) is 3.29. The highest BCUT2D eigenvalue weighted by atomic mass is 16.5. The molecule has 146 valence electrons. The summed E-state index contributed by atoms with van der Waals surface area (Å²) >= 11 is 0. The maximum absolute atomic E-state index is 13.0. The van der Waals surface area contributed by atoms with Crippen LogP contribution in [0.1, 0.15) is 40.7 Å². The summed E-state index contributed by atoms with van der Waals surface area (Å²) in [5, 5.41) is 13.6. The topological polar surface area (TPSA) is 67.6 Å². The Labute approximate surface area is 160 Å². The van der Waals surface area contributed by atoms with E-state index in [1.165, 1.54) is 5.56 Å². The Kier molecular flexibility index (Phi) is 6.63. The number of carbonyl (C=O) groups is 1. The van der Waals surface area contributed by atoms with E-state index in [2.05, 4.69) is 17.2 Å². The fourth-order valence-electron chi connectivity index (χ4n) is 3.64. The normalized spacial score (nSPS) is 16.9. The first-order chi connectivity index (χ1) is 13.1. The van der Waals surface area contributed by atoms with Gasteiger partial charge in [-0.05, 0) is 49.8 Å². The number of aliphatic hydroxyl groups excluding tert-OH is 1. The van der Waals surface area contributed by atoms with Gasteiger partial charge < -0.3 is 14.7 Å². The van der Waals surface area contributed by atoms with Gasteiger partial charge >= 0.3 is 0 Å². The van der Waals surface area contributed by atoms with E-state index < -0.39 is 0 Å². The number of ether oxygens (including phenoxy) is 1. The molecular weight excluding hydrogens is 342 g/mol.